The van der Waals surface area contributed by atoms with Gasteiger partial charge in [-0.25, -0.2) is 4.79 Å². The maximum Gasteiger partial charge on any atom is 0.330 e. The van der Waals surface area contributed by atoms with E-state index < -0.39 is 5.97 Å². The average molecular weight is 302 g/mol. The lowest BCUT2D eigenvalue weighted by atomic mass is 10.1. The lowest BCUT2D eigenvalue weighted by molar-refractivity contribution is -0.142. The van der Waals surface area contributed by atoms with Crippen LogP contribution in [0, 0.1) is 0 Å². The molecular weight excluding hydrogens is 280 g/mol. The topological polar surface area (TPSA) is 52.6 Å². The maximum atomic E-state index is 11.1. The second kappa shape index (κ2) is 13.4. The number of rotatable bonds is 8. The van der Waals surface area contributed by atoms with Crippen molar-refractivity contribution in [1.29, 1.82) is 0 Å². The molecule has 0 fully saturated rings. The van der Waals surface area contributed by atoms with Gasteiger partial charge in [-0.2, -0.15) is 0 Å². The molecule has 1 rings (SSSR count). The van der Waals surface area contributed by atoms with Crippen molar-refractivity contribution in [3.8, 4) is 0 Å². The summed E-state index contributed by atoms with van der Waals surface area (Å²) in [4.78, 5) is 21.3. The molecule has 0 spiro atoms. The van der Waals surface area contributed by atoms with E-state index in [1.807, 2.05) is 30.3 Å². The Morgan fingerprint density at radius 1 is 0.955 bits per heavy atom. The summed E-state index contributed by atoms with van der Waals surface area (Å²) in [5.41, 5.74) is 1.16. The largest absolute Gasteiger partial charge is 0.461 e. The highest BCUT2D eigenvalue weighted by molar-refractivity contribution is 5.81. The monoisotopic (exact) mass is 302 g/mol. The molecule has 0 aliphatic heterocycles. The Morgan fingerprint density at radius 2 is 1.55 bits per heavy atom. The molecule has 0 N–H and O–H groups in total. The predicted molar refractivity (Wildman–Crippen MR) is 87.3 cm³/mol. The van der Waals surface area contributed by atoms with Crippen molar-refractivity contribution in [2.24, 2.45) is 0 Å². The normalized spacial score (nSPS) is 8.73. The maximum absolute atomic E-state index is 11.1. The van der Waals surface area contributed by atoms with Crippen LogP contribution in [0.4, 0.5) is 0 Å². The van der Waals surface area contributed by atoms with E-state index in [1.54, 1.807) is 6.08 Å². The highest BCUT2D eigenvalue weighted by Crippen LogP contribution is 2.02. The van der Waals surface area contributed by atoms with Crippen molar-refractivity contribution >= 4 is 11.9 Å². The molecule has 0 aliphatic rings. The zero-order chi connectivity index (χ0) is 16.6. The van der Waals surface area contributed by atoms with E-state index in [0.717, 1.165) is 18.1 Å². The predicted octanol–water partition coefficient (Wildman–Crippen LogP) is 3.25. The summed E-state index contributed by atoms with van der Waals surface area (Å²) in [6.07, 6.45) is 5.35. The average Bonchev–Trinajstić information content (AvgIpc) is 2.57. The molecule has 0 atom stereocenters. The van der Waals surface area contributed by atoms with Crippen LogP contribution in [0.15, 0.2) is 68.3 Å². The number of benzene rings is 1. The number of ether oxygens (including phenoxy) is 2. The summed E-state index contributed by atoms with van der Waals surface area (Å²) < 4.78 is 9.32. The smallest absolute Gasteiger partial charge is 0.330 e. The van der Waals surface area contributed by atoms with E-state index in [4.69, 9.17) is 4.74 Å². The van der Waals surface area contributed by atoms with Gasteiger partial charge in [0, 0.05) is 12.5 Å². The van der Waals surface area contributed by atoms with Crippen LogP contribution in [-0.4, -0.2) is 25.2 Å². The first kappa shape index (κ1) is 19.4. The summed E-state index contributed by atoms with van der Waals surface area (Å²) in [7, 11) is 0. The fourth-order valence-electron chi connectivity index (χ4n) is 1.32. The number of hydrogen-bond acceptors (Lipinski definition) is 4. The molecule has 0 radical (unpaired) electrons. The number of esters is 2. The molecule has 4 heteroatoms. The van der Waals surface area contributed by atoms with Crippen LogP contribution in [0.2, 0.25) is 0 Å². The van der Waals surface area contributed by atoms with Crippen LogP contribution in [0.5, 0.6) is 0 Å². The Balaban J connectivity index is 0.000000472. The summed E-state index contributed by atoms with van der Waals surface area (Å²) >= 11 is 0. The van der Waals surface area contributed by atoms with Crippen molar-refractivity contribution in [2.45, 2.75) is 12.8 Å². The van der Waals surface area contributed by atoms with Crippen LogP contribution >= 0.6 is 0 Å². The van der Waals surface area contributed by atoms with Crippen LogP contribution in [0.3, 0.4) is 0 Å². The van der Waals surface area contributed by atoms with Crippen molar-refractivity contribution in [3.63, 3.8) is 0 Å². The highest BCUT2D eigenvalue weighted by atomic mass is 16.5. The molecule has 4 nitrogen and oxygen atoms in total. The van der Waals surface area contributed by atoms with E-state index in [9.17, 15) is 9.59 Å². The Bertz CT molecular complexity index is 477. The standard InChI is InChI=1S/C12H14O2.C6H8O2/c1-2-10-14-12(13)9-8-11-6-4-3-5-7-11;1-3-5-8-6(7)4-2/h2-7H,1,8-10H2;3-4H,1-2,5H2. The Hall–Kier alpha value is -2.62. The molecule has 0 aromatic heterocycles. The summed E-state index contributed by atoms with van der Waals surface area (Å²) in [5, 5.41) is 0. The van der Waals surface area contributed by atoms with Gasteiger partial charge in [0.25, 0.3) is 0 Å². The number of carbonyl (C=O) groups is 2. The Labute approximate surface area is 131 Å². The third-order valence-corrected chi connectivity index (χ3v) is 2.33. The summed E-state index contributed by atoms with van der Waals surface area (Å²) in [6.45, 7) is 10.6. The fraction of sp³-hybridized carbons (Fsp3) is 0.222. The van der Waals surface area contributed by atoms with Gasteiger partial charge in [-0.1, -0.05) is 62.2 Å². The van der Waals surface area contributed by atoms with Gasteiger partial charge in [-0.3, -0.25) is 4.79 Å². The van der Waals surface area contributed by atoms with Crippen LogP contribution in [0.25, 0.3) is 0 Å². The van der Waals surface area contributed by atoms with E-state index in [2.05, 4.69) is 24.5 Å². The first-order valence-electron chi connectivity index (χ1n) is 6.84. The van der Waals surface area contributed by atoms with Gasteiger partial charge in [-0.05, 0) is 12.0 Å². The van der Waals surface area contributed by atoms with E-state index in [0.29, 0.717) is 13.0 Å². The molecule has 0 amide bonds. The molecule has 22 heavy (non-hydrogen) atoms. The van der Waals surface area contributed by atoms with Gasteiger partial charge in [0.2, 0.25) is 0 Å². The van der Waals surface area contributed by atoms with Crippen LogP contribution in [0.1, 0.15) is 12.0 Å². The third-order valence-electron chi connectivity index (χ3n) is 2.33. The molecule has 118 valence electrons. The molecule has 1 aromatic carbocycles. The van der Waals surface area contributed by atoms with Gasteiger partial charge in [0.15, 0.2) is 0 Å². The molecule has 0 aliphatic carbocycles. The molecule has 0 bridgehead atoms. The van der Waals surface area contributed by atoms with Gasteiger partial charge in [0.05, 0.1) is 0 Å². The van der Waals surface area contributed by atoms with Crippen molar-refractivity contribution in [3.05, 3.63) is 73.9 Å². The fourth-order valence-corrected chi connectivity index (χ4v) is 1.32. The first-order valence-corrected chi connectivity index (χ1v) is 6.84. The van der Waals surface area contributed by atoms with Crippen LogP contribution in [-0.2, 0) is 25.5 Å². The van der Waals surface area contributed by atoms with Gasteiger partial charge < -0.3 is 9.47 Å². The molecule has 0 saturated carbocycles. The molecule has 0 saturated heterocycles. The lowest BCUT2D eigenvalue weighted by Crippen LogP contribution is -2.05. The Morgan fingerprint density at radius 3 is 2.09 bits per heavy atom. The van der Waals surface area contributed by atoms with Crippen LogP contribution < -0.4 is 0 Å². The van der Waals surface area contributed by atoms with Gasteiger partial charge >= 0.3 is 11.9 Å². The molecular formula is C18H22O4. The van der Waals surface area contributed by atoms with Crippen molar-refractivity contribution in [2.75, 3.05) is 13.2 Å². The molecule has 1 aromatic rings. The van der Waals surface area contributed by atoms with E-state index in [-0.39, 0.29) is 12.6 Å². The van der Waals surface area contributed by atoms with Gasteiger partial charge in [-0.15, -0.1) is 0 Å². The number of hydrogen-bond donors (Lipinski definition) is 0. The minimum atomic E-state index is -0.412. The highest BCUT2D eigenvalue weighted by Gasteiger charge is 2.01. The van der Waals surface area contributed by atoms with Crippen molar-refractivity contribution in [1.82, 2.24) is 0 Å². The lowest BCUT2D eigenvalue weighted by Gasteiger charge is -2.01. The summed E-state index contributed by atoms with van der Waals surface area (Å²) in [6, 6.07) is 9.88. The zero-order valence-corrected chi connectivity index (χ0v) is 12.7. The first-order chi connectivity index (χ1) is 10.6. The summed E-state index contributed by atoms with van der Waals surface area (Å²) in [5.74, 6) is -0.585. The zero-order valence-electron chi connectivity index (χ0n) is 12.7. The second-order valence-corrected chi connectivity index (χ2v) is 4.08. The molecule has 0 heterocycles. The number of carbonyl (C=O) groups excluding carboxylic acids is 2. The molecule has 0 unspecified atom stereocenters. The third kappa shape index (κ3) is 11.2. The minimum absolute atomic E-state index is 0.172. The van der Waals surface area contributed by atoms with E-state index in [1.165, 1.54) is 6.08 Å². The SMILES string of the molecule is C=CCOC(=O)C=C.C=CCOC(=O)CCc1ccccc1. The number of aryl methyl sites for hydroxylation is 1. The second-order valence-electron chi connectivity index (χ2n) is 4.08. The van der Waals surface area contributed by atoms with Crippen molar-refractivity contribution < 1.29 is 19.1 Å². The van der Waals surface area contributed by atoms with Gasteiger partial charge in [0.1, 0.15) is 13.2 Å². The van der Waals surface area contributed by atoms with E-state index >= 15 is 0 Å². The Kier molecular flexibility index (Phi) is 11.8. The quantitative estimate of drug-likeness (QED) is 0.420. The minimum Gasteiger partial charge on any atom is -0.461 e.